The Morgan fingerprint density at radius 2 is 2.23 bits per heavy atom. The van der Waals surface area contributed by atoms with E-state index in [1.54, 1.807) is 0 Å². The van der Waals surface area contributed by atoms with Gasteiger partial charge >= 0.3 is 0 Å². The van der Waals surface area contributed by atoms with Crippen molar-refractivity contribution >= 4 is 6.29 Å². The molecule has 2 fully saturated rings. The Morgan fingerprint density at radius 1 is 1.46 bits per heavy atom. The van der Waals surface area contributed by atoms with Crippen LogP contribution >= 0.6 is 0 Å². The van der Waals surface area contributed by atoms with E-state index in [1.807, 2.05) is 0 Å². The van der Waals surface area contributed by atoms with Gasteiger partial charge in [-0.2, -0.15) is 0 Å². The summed E-state index contributed by atoms with van der Waals surface area (Å²) in [5.74, 6) is 8.09. The molecule has 0 aromatic rings. The van der Waals surface area contributed by atoms with Crippen LogP contribution in [-0.4, -0.2) is 6.29 Å². The van der Waals surface area contributed by atoms with Crippen LogP contribution in [0, 0.1) is 35.0 Å². The lowest BCUT2D eigenvalue weighted by atomic mass is 9.68. The number of hydrogen-bond acceptors (Lipinski definition) is 1. The predicted molar refractivity (Wildman–Crippen MR) is 51.9 cm³/mol. The molecule has 4 atom stereocenters. The summed E-state index contributed by atoms with van der Waals surface area (Å²) >= 11 is 0. The third-order valence-electron chi connectivity index (χ3n) is 4.37. The summed E-state index contributed by atoms with van der Waals surface area (Å²) in [6.45, 7) is 4.53. The maximum Gasteiger partial charge on any atom is 0.192 e. The molecule has 2 rings (SSSR count). The summed E-state index contributed by atoms with van der Waals surface area (Å²) in [6, 6.07) is 0. The van der Waals surface area contributed by atoms with Crippen molar-refractivity contribution in [1.82, 2.24) is 0 Å². The van der Waals surface area contributed by atoms with Crippen LogP contribution in [0.15, 0.2) is 0 Å². The van der Waals surface area contributed by atoms with E-state index in [9.17, 15) is 4.79 Å². The Hall–Kier alpha value is -0.770. The molecular weight excluding hydrogens is 160 g/mol. The lowest BCUT2D eigenvalue weighted by molar-refractivity contribution is -0.103. The Morgan fingerprint density at radius 3 is 2.77 bits per heavy atom. The van der Waals surface area contributed by atoms with Crippen molar-refractivity contribution in [2.24, 2.45) is 23.2 Å². The van der Waals surface area contributed by atoms with Gasteiger partial charge in [-0.25, -0.2) is 0 Å². The second kappa shape index (κ2) is 2.87. The summed E-state index contributed by atoms with van der Waals surface area (Å²) in [7, 11) is 0. The molecule has 70 valence electrons. The normalized spacial score (nSPS) is 47.1. The first-order valence-corrected chi connectivity index (χ1v) is 5.15. The predicted octanol–water partition coefficient (Wildman–Crippen LogP) is 2.26. The van der Waals surface area contributed by atoms with Crippen LogP contribution in [0.3, 0.4) is 0 Å². The van der Waals surface area contributed by atoms with Gasteiger partial charge in [0.05, 0.1) is 0 Å². The molecule has 4 unspecified atom stereocenters. The molecular formula is C12H16O. The largest absolute Gasteiger partial charge is 0.289 e. The zero-order valence-electron chi connectivity index (χ0n) is 8.34. The van der Waals surface area contributed by atoms with Crippen molar-refractivity contribution in [3.8, 4) is 11.8 Å². The minimum atomic E-state index is 0.129. The molecule has 1 heteroatoms. The van der Waals surface area contributed by atoms with Crippen LogP contribution in [0.2, 0.25) is 0 Å². The van der Waals surface area contributed by atoms with Crippen molar-refractivity contribution in [2.45, 2.75) is 33.1 Å². The molecule has 2 saturated carbocycles. The van der Waals surface area contributed by atoms with Crippen molar-refractivity contribution in [3.63, 3.8) is 0 Å². The van der Waals surface area contributed by atoms with E-state index >= 15 is 0 Å². The van der Waals surface area contributed by atoms with Gasteiger partial charge in [0, 0.05) is 5.41 Å². The third-order valence-corrected chi connectivity index (χ3v) is 4.37. The first kappa shape index (κ1) is 8.81. The van der Waals surface area contributed by atoms with Gasteiger partial charge in [-0.1, -0.05) is 12.8 Å². The first-order valence-electron chi connectivity index (χ1n) is 5.15. The highest BCUT2D eigenvalue weighted by Gasteiger charge is 2.52. The topological polar surface area (TPSA) is 17.1 Å². The molecule has 0 N–H and O–H groups in total. The molecule has 0 aromatic heterocycles. The quantitative estimate of drug-likeness (QED) is 0.409. The van der Waals surface area contributed by atoms with Crippen LogP contribution in [0.1, 0.15) is 33.1 Å². The Kier molecular flexibility index (Phi) is 1.95. The molecule has 0 aromatic carbocycles. The Bertz CT molecular complexity index is 279. The number of carbonyl (C=O) groups excluding carboxylic acids is 1. The van der Waals surface area contributed by atoms with E-state index in [1.165, 1.54) is 19.3 Å². The molecule has 0 aliphatic heterocycles. The minimum Gasteiger partial charge on any atom is -0.289 e. The highest BCUT2D eigenvalue weighted by Crippen LogP contribution is 2.58. The second-order valence-electron chi connectivity index (χ2n) is 4.73. The third kappa shape index (κ3) is 1.12. The van der Waals surface area contributed by atoms with Gasteiger partial charge in [-0.3, -0.25) is 4.79 Å². The molecule has 2 bridgehead atoms. The molecule has 1 nitrogen and oxygen atoms in total. The number of hydrogen-bond donors (Lipinski definition) is 0. The Balaban J connectivity index is 2.27. The summed E-state index contributed by atoms with van der Waals surface area (Å²) < 4.78 is 0. The van der Waals surface area contributed by atoms with Gasteiger partial charge in [0.1, 0.15) is 0 Å². The smallest absolute Gasteiger partial charge is 0.192 e. The number of aldehydes is 1. The second-order valence-corrected chi connectivity index (χ2v) is 4.73. The number of fused-ring (bicyclic) bond motifs is 2. The molecule has 2 aliphatic carbocycles. The van der Waals surface area contributed by atoms with E-state index in [4.69, 9.17) is 0 Å². The van der Waals surface area contributed by atoms with Crippen molar-refractivity contribution in [1.29, 1.82) is 0 Å². The summed E-state index contributed by atoms with van der Waals surface area (Å²) in [6.07, 6.45) is 4.76. The number of rotatable bonds is 0. The Labute approximate surface area is 79.9 Å². The average molecular weight is 176 g/mol. The number of carbonyl (C=O) groups is 1. The van der Waals surface area contributed by atoms with Crippen LogP contribution in [-0.2, 0) is 4.79 Å². The van der Waals surface area contributed by atoms with E-state index in [0.29, 0.717) is 5.92 Å². The van der Waals surface area contributed by atoms with Gasteiger partial charge < -0.3 is 0 Å². The van der Waals surface area contributed by atoms with Crippen molar-refractivity contribution < 1.29 is 4.79 Å². The minimum absolute atomic E-state index is 0.129. The van der Waals surface area contributed by atoms with Gasteiger partial charge in [0.25, 0.3) is 0 Å². The fourth-order valence-electron chi connectivity index (χ4n) is 3.28. The van der Waals surface area contributed by atoms with E-state index < -0.39 is 0 Å². The molecule has 0 spiro atoms. The van der Waals surface area contributed by atoms with Gasteiger partial charge in [0.15, 0.2) is 6.29 Å². The molecule has 0 saturated heterocycles. The van der Waals surface area contributed by atoms with Crippen molar-refractivity contribution in [2.75, 3.05) is 0 Å². The summed E-state index contributed by atoms with van der Waals surface area (Å²) in [5, 5.41) is 0. The molecule has 0 radical (unpaired) electrons. The monoisotopic (exact) mass is 176 g/mol. The fraction of sp³-hybridized carbons (Fsp3) is 0.750. The fourth-order valence-corrected chi connectivity index (χ4v) is 3.28. The zero-order chi connectivity index (χ0) is 9.47. The maximum absolute atomic E-state index is 10.2. The standard InChI is InChI=1S/C12H16O/c1-9-10-4-5-11(8-10)12(9,2)6-3-7-13/h7,9-11H,4-5,8H2,1-2H3. The van der Waals surface area contributed by atoms with Crippen LogP contribution in [0.5, 0.6) is 0 Å². The van der Waals surface area contributed by atoms with Gasteiger partial charge in [-0.05, 0) is 49.9 Å². The van der Waals surface area contributed by atoms with E-state index in [2.05, 4.69) is 25.7 Å². The first-order chi connectivity index (χ1) is 6.18. The molecule has 2 aliphatic rings. The maximum atomic E-state index is 10.2. The van der Waals surface area contributed by atoms with E-state index in [-0.39, 0.29) is 5.41 Å². The van der Waals surface area contributed by atoms with Gasteiger partial charge in [0.2, 0.25) is 0 Å². The zero-order valence-corrected chi connectivity index (χ0v) is 8.34. The van der Waals surface area contributed by atoms with Gasteiger partial charge in [-0.15, -0.1) is 0 Å². The summed E-state index contributed by atoms with van der Waals surface area (Å²) in [5.41, 5.74) is 0.129. The van der Waals surface area contributed by atoms with Crippen molar-refractivity contribution in [3.05, 3.63) is 0 Å². The SMILES string of the molecule is CC1C2CCC(C2)C1(C)C#CC=O. The molecule has 13 heavy (non-hydrogen) atoms. The average Bonchev–Trinajstić information content (AvgIpc) is 2.68. The highest BCUT2D eigenvalue weighted by atomic mass is 16.1. The van der Waals surface area contributed by atoms with Crippen LogP contribution < -0.4 is 0 Å². The highest BCUT2D eigenvalue weighted by molar-refractivity contribution is 5.72. The molecule has 0 heterocycles. The van der Waals surface area contributed by atoms with Crippen LogP contribution in [0.25, 0.3) is 0 Å². The summed E-state index contributed by atoms with van der Waals surface area (Å²) in [4.78, 5) is 10.2. The lowest BCUT2D eigenvalue weighted by Crippen LogP contribution is -2.30. The lowest BCUT2D eigenvalue weighted by Gasteiger charge is -2.34. The molecule has 0 amide bonds. The van der Waals surface area contributed by atoms with E-state index in [0.717, 1.165) is 18.1 Å². The van der Waals surface area contributed by atoms with Crippen LogP contribution in [0.4, 0.5) is 0 Å².